The Morgan fingerprint density at radius 3 is 2.07 bits per heavy atom. The van der Waals surface area contributed by atoms with Gasteiger partial charge in [-0.15, -0.1) is 0 Å². The normalized spacial score (nSPS) is 14.6. The monoisotopic (exact) mass is 771 g/mol. The van der Waals surface area contributed by atoms with Crippen LogP contribution in [0.15, 0.2) is 192 Å². The summed E-state index contributed by atoms with van der Waals surface area (Å²) in [6.07, 6.45) is 9.85. The molecule has 7 aromatic carbocycles. The molecule has 0 spiro atoms. The Hall–Kier alpha value is -7.83. The fraction of sp³-hybridized carbons (Fsp3) is 0.0556. The van der Waals surface area contributed by atoms with E-state index in [1.165, 1.54) is 27.4 Å². The topological polar surface area (TPSA) is 61.1 Å². The molecule has 0 bridgehead atoms. The van der Waals surface area contributed by atoms with Crippen LogP contribution in [0.4, 0.5) is 0 Å². The highest BCUT2D eigenvalue weighted by molar-refractivity contribution is 6.14. The van der Waals surface area contributed by atoms with Crippen molar-refractivity contribution < 1.29 is 4.42 Å². The molecule has 0 N–H and O–H groups in total. The maximum absolute atomic E-state index is 6.75. The summed E-state index contributed by atoms with van der Waals surface area (Å²) in [4.78, 5) is 15.7. The van der Waals surface area contributed by atoms with Crippen molar-refractivity contribution in [3.05, 3.63) is 199 Å². The first-order valence-corrected chi connectivity index (χ1v) is 20.4. The van der Waals surface area contributed by atoms with Crippen molar-refractivity contribution >= 4 is 82.0 Å². The highest BCUT2D eigenvalue weighted by Gasteiger charge is 2.21. The number of aryl methyl sites for hydroxylation is 1. The second-order valence-electron chi connectivity index (χ2n) is 15.6. The van der Waals surface area contributed by atoms with Gasteiger partial charge in [0.15, 0.2) is 0 Å². The third kappa shape index (κ3) is 5.24. The number of para-hydroxylation sites is 2. The second kappa shape index (κ2) is 13.4. The Kier molecular flexibility index (Phi) is 7.62. The number of fused-ring (bicyclic) bond motifs is 11. The van der Waals surface area contributed by atoms with Gasteiger partial charge < -0.3 is 8.98 Å². The molecule has 11 aromatic rings. The average Bonchev–Trinajstić information content (AvgIpc) is 3.81. The zero-order valence-corrected chi connectivity index (χ0v) is 32.9. The van der Waals surface area contributed by atoms with Gasteiger partial charge in [0.1, 0.15) is 5.58 Å². The summed E-state index contributed by atoms with van der Waals surface area (Å²) in [7, 11) is 0. The molecule has 1 aliphatic rings. The lowest BCUT2D eigenvalue weighted by Crippen LogP contribution is -2.11. The molecule has 6 heteroatoms. The molecular formula is C54H37N5O. The van der Waals surface area contributed by atoms with Gasteiger partial charge in [0, 0.05) is 43.4 Å². The van der Waals surface area contributed by atoms with Gasteiger partial charge >= 0.3 is 0 Å². The lowest BCUT2D eigenvalue weighted by atomic mass is 10.0. The van der Waals surface area contributed by atoms with Crippen LogP contribution in [0.5, 0.6) is 0 Å². The number of allylic oxidation sites excluding steroid dienone is 4. The van der Waals surface area contributed by atoms with Crippen LogP contribution in [-0.4, -0.2) is 19.1 Å². The molecule has 0 fully saturated rings. The summed E-state index contributed by atoms with van der Waals surface area (Å²) in [6, 6.07) is 53.8. The molecule has 0 radical (unpaired) electrons. The molecule has 0 saturated carbocycles. The summed E-state index contributed by atoms with van der Waals surface area (Å²) in [5.41, 5.74) is 11.1. The third-order valence-corrected chi connectivity index (χ3v) is 12.2. The minimum Gasteiger partial charge on any atom is -0.437 e. The molecule has 0 amide bonds. The second-order valence-corrected chi connectivity index (χ2v) is 15.6. The number of hydrogen-bond acceptors (Lipinski definition) is 4. The first-order valence-electron chi connectivity index (χ1n) is 20.4. The largest absolute Gasteiger partial charge is 0.437 e. The van der Waals surface area contributed by atoms with Gasteiger partial charge in [-0.25, -0.2) is 15.0 Å². The Morgan fingerprint density at radius 1 is 0.633 bits per heavy atom. The highest BCUT2D eigenvalue weighted by atomic mass is 16.3. The quantitative estimate of drug-likeness (QED) is 0.164. The Morgan fingerprint density at radius 2 is 1.28 bits per heavy atom. The fourth-order valence-electron chi connectivity index (χ4n) is 9.36. The predicted molar refractivity (Wildman–Crippen MR) is 247 cm³/mol. The summed E-state index contributed by atoms with van der Waals surface area (Å²) in [5.74, 6) is 0.591. The molecule has 1 unspecified atom stereocenters. The van der Waals surface area contributed by atoms with Gasteiger partial charge in [-0.3, -0.25) is 4.57 Å². The maximum atomic E-state index is 6.75. The molecule has 12 rings (SSSR count). The molecular weight excluding hydrogens is 735 g/mol. The summed E-state index contributed by atoms with van der Waals surface area (Å²) in [5, 5.41) is 8.54. The van der Waals surface area contributed by atoms with Crippen LogP contribution in [0.3, 0.4) is 0 Å². The minimum atomic E-state index is 0.285. The standard InChI is InChI=1S/C54H37N5O/c1-33(35-15-5-3-6-16-35)55-53-50-34(2)56-54(57-51(50)43-28-25-36-17-9-10-20-40(36)52(43)60-53)59-47-24-14-12-22-42(47)45-32-38(27-30-49(45)59)37-26-29-48-44(31-37)41-21-11-13-23-46(41)58(48)39-18-7-4-8-19-39/h3-18,20-32,39H,1,19H2,2H3. The van der Waals surface area contributed by atoms with Crippen LogP contribution < -0.4 is 5.55 Å². The zero-order valence-electron chi connectivity index (χ0n) is 32.9. The average molecular weight is 772 g/mol. The van der Waals surface area contributed by atoms with Gasteiger partial charge in [0.05, 0.1) is 39.4 Å². The first-order chi connectivity index (χ1) is 29.6. The Bertz CT molecular complexity index is 3730. The van der Waals surface area contributed by atoms with Gasteiger partial charge in [-0.2, -0.15) is 0 Å². The summed E-state index contributed by atoms with van der Waals surface area (Å²) < 4.78 is 11.4. The third-order valence-electron chi connectivity index (χ3n) is 12.2. The van der Waals surface area contributed by atoms with E-state index in [0.29, 0.717) is 17.2 Å². The summed E-state index contributed by atoms with van der Waals surface area (Å²) >= 11 is 0. The van der Waals surface area contributed by atoms with Crippen LogP contribution in [0.25, 0.3) is 99.0 Å². The molecule has 4 aromatic heterocycles. The van der Waals surface area contributed by atoms with E-state index in [1.54, 1.807) is 0 Å². The lowest BCUT2D eigenvalue weighted by Gasteiger charge is -2.18. The molecule has 1 atom stereocenters. The van der Waals surface area contributed by atoms with Gasteiger partial charge in [0.25, 0.3) is 0 Å². The molecule has 6 nitrogen and oxygen atoms in total. The van der Waals surface area contributed by atoms with E-state index in [2.05, 4.69) is 149 Å². The minimum absolute atomic E-state index is 0.285. The van der Waals surface area contributed by atoms with Crippen molar-refractivity contribution in [1.82, 2.24) is 19.1 Å². The fourth-order valence-corrected chi connectivity index (χ4v) is 9.36. The molecule has 0 saturated heterocycles. The maximum Gasteiger partial charge on any atom is 0.235 e. The first kappa shape index (κ1) is 34.2. The van der Waals surface area contributed by atoms with Crippen molar-refractivity contribution in [2.75, 3.05) is 0 Å². The van der Waals surface area contributed by atoms with Crippen molar-refractivity contribution in [2.24, 2.45) is 4.99 Å². The van der Waals surface area contributed by atoms with E-state index in [1.807, 2.05) is 49.4 Å². The number of benzene rings is 7. The SMILES string of the molecule is C=C(N=c1oc2c3ccccc3ccc2c2nc(-n3c4ccccc4c4cc(-c5ccc6c(c5)c5ccccc5n6C5C=CC=CC5)ccc43)nc(C)c12)c1ccccc1. The van der Waals surface area contributed by atoms with Gasteiger partial charge in [-0.1, -0.05) is 140 Å². The van der Waals surface area contributed by atoms with Crippen LogP contribution >= 0.6 is 0 Å². The lowest BCUT2D eigenvalue weighted by molar-refractivity contribution is 0.556. The molecule has 4 heterocycles. The van der Waals surface area contributed by atoms with Crippen molar-refractivity contribution in [1.29, 1.82) is 0 Å². The number of aromatic nitrogens is 4. The molecule has 1 aliphatic carbocycles. The van der Waals surface area contributed by atoms with E-state index >= 15 is 0 Å². The molecule has 284 valence electrons. The van der Waals surface area contributed by atoms with E-state index < -0.39 is 0 Å². The van der Waals surface area contributed by atoms with E-state index in [9.17, 15) is 0 Å². The van der Waals surface area contributed by atoms with Crippen molar-refractivity contribution in [2.45, 2.75) is 19.4 Å². The van der Waals surface area contributed by atoms with Crippen LogP contribution in [0, 0.1) is 6.92 Å². The van der Waals surface area contributed by atoms with E-state index in [0.717, 1.165) is 77.7 Å². The van der Waals surface area contributed by atoms with E-state index in [4.69, 9.17) is 19.4 Å². The van der Waals surface area contributed by atoms with Crippen molar-refractivity contribution in [3.8, 4) is 17.1 Å². The predicted octanol–water partition coefficient (Wildman–Crippen LogP) is 13.3. The van der Waals surface area contributed by atoms with Gasteiger partial charge in [-0.05, 0) is 77.9 Å². The van der Waals surface area contributed by atoms with Gasteiger partial charge in [0.2, 0.25) is 11.5 Å². The molecule has 60 heavy (non-hydrogen) atoms. The van der Waals surface area contributed by atoms with Crippen LogP contribution in [0.2, 0.25) is 0 Å². The molecule has 0 aliphatic heterocycles. The van der Waals surface area contributed by atoms with Crippen molar-refractivity contribution in [3.63, 3.8) is 0 Å². The number of nitrogens with zero attached hydrogens (tertiary/aromatic N) is 5. The summed E-state index contributed by atoms with van der Waals surface area (Å²) in [6.45, 7) is 6.34. The van der Waals surface area contributed by atoms with E-state index in [-0.39, 0.29) is 6.04 Å². The van der Waals surface area contributed by atoms with Crippen LogP contribution in [0.1, 0.15) is 23.7 Å². The smallest absolute Gasteiger partial charge is 0.235 e. The zero-order chi connectivity index (χ0) is 39.9. The number of hydrogen-bond donors (Lipinski definition) is 0. The number of rotatable bonds is 5. The highest BCUT2D eigenvalue weighted by Crippen LogP contribution is 2.39. The van der Waals surface area contributed by atoms with Crippen LogP contribution in [-0.2, 0) is 0 Å². The Balaban J connectivity index is 1.06. The Labute approximate surface area is 345 Å².